The molecule has 0 aliphatic rings. The molecule has 0 bridgehead atoms. The lowest BCUT2D eigenvalue weighted by molar-refractivity contribution is -0.160. The van der Waals surface area contributed by atoms with Gasteiger partial charge in [-0.2, -0.15) is 4.98 Å². The summed E-state index contributed by atoms with van der Waals surface area (Å²) in [5.74, 6) is -1.63. The van der Waals surface area contributed by atoms with Crippen LogP contribution in [0.5, 0.6) is 5.88 Å². The van der Waals surface area contributed by atoms with E-state index < -0.39 is 23.7 Å². The number of carbonyl (C=O) groups is 2. The van der Waals surface area contributed by atoms with Crippen molar-refractivity contribution in [2.45, 2.75) is 26.8 Å². The van der Waals surface area contributed by atoms with Crippen LogP contribution in [0.1, 0.15) is 26.8 Å². The van der Waals surface area contributed by atoms with Crippen molar-refractivity contribution >= 4 is 11.9 Å². The van der Waals surface area contributed by atoms with Gasteiger partial charge >= 0.3 is 17.6 Å². The Balaban J connectivity index is 3.16. The number of aromatic nitrogens is 2. The summed E-state index contributed by atoms with van der Waals surface area (Å²) < 4.78 is 15.5. The van der Waals surface area contributed by atoms with Crippen LogP contribution >= 0.6 is 0 Å². The number of hydrogen-bond acceptors (Lipinski definition) is 7. The number of ether oxygens (including phenoxy) is 3. The third-order valence-electron chi connectivity index (χ3n) is 2.39. The fourth-order valence-corrected chi connectivity index (χ4v) is 1.59. The molecule has 0 amide bonds. The van der Waals surface area contributed by atoms with Gasteiger partial charge in [0.2, 0.25) is 11.9 Å². The highest BCUT2D eigenvalue weighted by atomic mass is 16.6. The van der Waals surface area contributed by atoms with Crippen molar-refractivity contribution in [2.75, 3.05) is 19.8 Å². The number of esters is 2. The molecule has 0 spiro atoms. The monoisotopic (exact) mass is 298 g/mol. The fraction of sp³-hybridized carbons (Fsp3) is 0.538. The number of hydrogen-bond donors (Lipinski definition) is 0. The highest BCUT2D eigenvalue weighted by Crippen LogP contribution is 2.11. The SMILES string of the molecule is CCOC(=O)C(C(=O)OCC)n1ccc(OCC)nc1=O. The van der Waals surface area contributed by atoms with Gasteiger partial charge < -0.3 is 14.2 Å². The van der Waals surface area contributed by atoms with Gasteiger partial charge in [0.25, 0.3) is 0 Å². The van der Waals surface area contributed by atoms with Crippen LogP contribution in [-0.2, 0) is 19.1 Å². The number of rotatable bonds is 7. The van der Waals surface area contributed by atoms with E-state index in [0.29, 0.717) is 6.61 Å². The standard InChI is InChI=1S/C13H18N2O6/c1-4-19-9-7-8-15(13(18)14-9)10(11(16)20-5-2)12(17)21-6-3/h7-8,10H,4-6H2,1-3H3. The van der Waals surface area contributed by atoms with Gasteiger partial charge in [-0.3, -0.25) is 4.57 Å². The van der Waals surface area contributed by atoms with E-state index in [9.17, 15) is 14.4 Å². The van der Waals surface area contributed by atoms with Crippen LogP contribution in [0.2, 0.25) is 0 Å². The molecule has 0 aliphatic heterocycles. The normalized spacial score (nSPS) is 10.3. The van der Waals surface area contributed by atoms with Crippen LogP contribution in [0.4, 0.5) is 0 Å². The second-order valence-electron chi connectivity index (χ2n) is 3.80. The molecule has 8 nitrogen and oxygen atoms in total. The predicted octanol–water partition coefficient (Wildman–Crippen LogP) is 0.309. The molecule has 0 unspecified atom stereocenters. The van der Waals surface area contributed by atoms with Crippen molar-refractivity contribution in [3.8, 4) is 5.88 Å². The number of carbonyl (C=O) groups excluding carboxylic acids is 2. The quantitative estimate of drug-likeness (QED) is 0.528. The summed E-state index contributed by atoms with van der Waals surface area (Å²) in [7, 11) is 0. The van der Waals surface area contributed by atoms with Crippen LogP contribution in [0, 0.1) is 0 Å². The molecule has 0 fully saturated rings. The Hall–Kier alpha value is -2.38. The van der Waals surface area contributed by atoms with Gasteiger partial charge in [-0.05, 0) is 20.8 Å². The Labute approximate surface area is 121 Å². The summed E-state index contributed by atoms with van der Waals surface area (Å²) in [5, 5.41) is 0. The Bertz CT molecular complexity index is 536. The van der Waals surface area contributed by atoms with E-state index in [1.807, 2.05) is 0 Å². The smallest absolute Gasteiger partial charge is 0.352 e. The first-order valence-corrected chi connectivity index (χ1v) is 6.60. The highest BCUT2D eigenvalue weighted by molar-refractivity contribution is 5.97. The molecule has 0 saturated heterocycles. The van der Waals surface area contributed by atoms with Crippen LogP contribution in [0.3, 0.4) is 0 Å². The van der Waals surface area contributed by atoms with Crippen LogP contribution < -0.4 is 10.4 Å². The summed E-state index contributed by atoms with van der Waals surface area (Å²) in [6.07, 6.45) is 1.25. The molecule has 0 radical (unpaired) electrons. The lowest BCUT2D eigenvalue weighted by Gasteiger charge is -2.16. The maximum absolute atomic E-state index is 11.9. The van der Waals surface area contributed by atoms with E-state index in [2.05, 4.69) is 4.98 Å². The zero-order chi connectivity index (χ0) is 15.8. The minimum atomic E-state index is -1.51. The van der Waals surface area contributed by atoms with Gasteiger partial charge in [0, 0.05) is 12.3 Å². The maximum atomic E-state index is 11.9. The van der Waals surface area contributed by atoms with Crippen molar-refractivity contribution in [3.63, 3.8) is 0 Å². The van der Waals surface area contributed by atoms with Crippen molar-refractivity contribution in [1.29, 1.82) is 0 Å². The lowest BCUT2D eigenvalue weighted by atomic mass is 10.3. The molecule has 0 aromatic carbocycles. The van der Waals surface area contributed by atoms with E-state index in [0.717, 1.165) is 4.57 Å². The third kappa shape index (κ3) is 4.30. The van der Waals surface area contributed by atoms with Crippen LogP contribution in [-0.4, -0.2) is 41.3 Å². The topological polar surface area (TPSA) is 96.7 Å². The predicted molar refractivity (Wildman–Crippen MR) is 72.0 cm³/mol. The fourth-order valence-electron chi connectivity index (χ4n) is 1.59. The first kappa shape index (κ1) is 16.7. The van der Waals surface area contributed by atoms with Crippen molar-refractivity contribution in [2.24, 2.45) is 0 Å². The second-order valence-corrected chi connectivity index (χ2v) is 3.80. The summed E-state index contributed by atoms with van der Waals surface area (Å²) in [6.45, 7) is 5.43. The Kier molecular flexibility index (Phi) is 6.38. The summed E-state index contributed by atoms with van der Waals surface area (Å²) in [5.41, 5.74) is -0.799. The Morgan fingerprint density at radius 2 is 1.71 bits per heavy atom. The molecule has 1 aromatic heterocycles. The molecule has 0 saturated carbocycles. The molecule has 1 aromatic rings. The molecule has 21 heavy (non-hydrogen) atoms. The largest absolute Gasteiger partial charge is 0.478 e. The maximum Gasteiger partial charge on any atom is 0.352 e. The van der Waals surface area contributed by atoms with E-state index in [-0.39, 0.29) is 19.1 Å². The van der Waals surface area contributed by atoms with E-state index in [1.54, 1.807) is 20.8 Å². The Morgan fingerprint density at radius 3 is 2.14 bits per heavy atom. The molecule has 0 aliphatic carbocycles. The van der Waals surface area contributed by atoms with Crippen LogP contribution in [0.25, 0.3) is 0 Å². The van der Waals surface area contributed by atoms with E-state index >= 15 is 0 Å². The molecule has 8 heteroatoms. The van der Waals surface area contributed by atoms with Gasteiger partial charge in [-0.1, -0.05) is 0 Å². The van der Waals surface area contributed by atoms with Gasteiger partial charge in [0.05, 0.1) is 19.8 Å². The summed E-state index contributed by atoms with van der Waals surface area (Å²) in [6, 6.07) is -0.128. The van der Waals surface area contributed by atoms with Gasteiger partial charge in [-0.15, -0.1) is 0 Å². The number of nitrogens with zero attached hydrogens (tertiary/aromatic N) is 2. The molecule has 0 N–H and O–H groups in total. The van der Waals surface area contributed by atoms with Gasteiger partial charge in [-0.25, -0.2) is 14.4 Å². The van der Waals surface area contributed by atoms with E-state index in [1.165, 1.54) is 12.3 Å². The second kappa shape index (κ2) is 8.03. The average Bonchev–Trinajstić information content (AvgIpc) is 2.42. The molecule has 1 heterocycles. The van der Waals surface area contributed by atoms with E-state index in [4.69, 9.17) is 14.2 Å². The molecule has 1 rings (SSSR count). The third-order valence-corrected chi connectivity index (χ3v) is 2.39. The zero-order valence-corrected chi connectivity index (χ0v) is 12.2. The zero-order valence-electron chi connectivity index (χ0n) is 12.2. The lowest BCUT2D eigenvalue weighted by Crippen LogP contribution is -2.38. The van der Waals surface area contributed by atoms with Crippen molar-refractivity contribution < 1.29 is 23.8 Å². The minimum absolute atomic E-state index is 0.0773. The average molecular weight is 298 g/mol. The van der Waals surface area contributed by atoms with Crippen molar-refractivity contribution in [1.82, 2.24) is 9.55 Å². The summed E-state index contributed by atoms with van der Waals surface area (Å²) >= 11 is 0. The molecule has 116 valence electrons. The van der Waals surface area contributed by atoms with Crippen molar-refractivity contribution in [3.05, 3.63) is 22.7 Å². The first-order valence-electron chi connectivity index (χ1n) is 6.60. The molecule has 0 atom stereocenters. The minimum Gasteiger partial charge on any atom is -0.478 e. The highest BCUT2D eigenvalue weighted by Gasteiger charge is 2.32. The Morgan fingerprint density at radius 1 is 1.14 bits per heavy atom. The van der Waals surface area contributed by atoms with Gasteiger partial charge in [0.1, 0.15) is 0 Å². The van der Waals surface area contributed by atoms with Gasteiger partial charge in [0.15, 0.2) is 0 Å². The first-order chi connectivity index (χ1) is 10.0. The molecular formula is C13H18N2O6. The van der Waals surface area contributed by atoms with Crippen LogP contribution in [0.15, 0.2) is 17.1 Å². The molecular weight excluding hydrogens is 280 g/mol. The summed E-state index contributed by atoms with van der Waals surface area (Å²) in [4.78, 5) is 39.3.